The Balaban J connectivity index is 2.04. The van der Waals surface area contributed by atoms with Crippen LogP contribution in [-0.2, 0) is 9.53 Å². The highest BCUT2D eigenvalue weighted by Gasteiger charge is 2.34. The first-order valence-corrected chi connectivity index (χ1v) is 10.4. The van der Waals surface area contributed by atoms with Crippen molar-refractivity contribution in [2.75, 3.05) is 19.6 Å². The molecule has 0 radical (unpaired) electrons. The monoisotopic (exact) mass is 425 g/mol. The van der Waals surface area contributed by atoms with E-state index in [1.165, 1.54) is 6.07 Å². The lowest BCUT2D eigenvalue weighted by Gasteiger charge is -2.45. The molecular formula is C22H33F2N3O3. The van der Waals surface area contributed by atoms with Gasteiger partial charge in [-0.15, -0.1) is 0 Å². The number of hydrogen-bond acceptors (Lipinski definition) is 4. The molecule has 30 heavy (non-hydrogen) atoms. The average Bonchev–Trinajstić information content (AvgIpc) is 2.63. The minimum Gasteiger partial charge on any atom is -0.373 e. The first-order chi connectivity index (χ1) is 13.9. The van der Waals surface area contributed by atoms with Gasteiger partial charge in [0.2, 0.25) is 5.91 Å². The van der Waals surface area contributed by atoms with Crippen LogP contribution in [0.2, 0.25) is 0 Å². The fourth-order valence-corrected chi connectivity index (χ4v) is 3.66. The van der Waals surface area contributed by atoms with E-state index >= 15 is 0 Å². The van der Waals surface area contributed by atoms with Crippen LogP contribution in [0.25, 0.3) is 0 Å². The van der Waals surface area contributed by atoms with Gasteiger partial charge in [0.15, 0.2) is 0 Å². The van der Waals surface area contributed by atoms with Crippen LogP contribution in [0.15, 0.2) is 18.2 Å². The van der Waals surface area contributed by atoms with Crippen LogP contribution < -0.4 is 10.6 Å². The van der Waals surface area contributed by atoms with E-state index in [2.05, 4.69) is 15.5 Å². The van der Waals surface area contributed by atoms with Gasteiger partial charge in [0, 0.05) is 25.2 Å². The lowest BCUT2D eigenvalue weighted by Crippen LogP contribution is -2.60. The maximum atomic E-state index is 13.9. The van der Waals surface area contributed by atoms with Crippen molar-refractivity contribution in [2.24, 2.45) is 5.92 Å². The van der Waals surface area contributed by atoms with Crippen molar-refractivity contribution in [1.29, 1.82) is 0 Å². The maximum absolute atomic E-state index is 13.9. The Morgan fingerprint density at radius 3 is 2.20 bits per heavy atom. The minimum atomic E-state index is -0.966. The Labute approximate surface area is 177 Å². The van der Waals surface area contributed by atoms with E-state index in [-0.39, 0.29) is 23.7 Å². The van der Waals surface area contributed by atoms with Crippen LogP contribution in [0.1, 0.15) is 51.9 Å². The van der Waals surface area contributed by atoms with Crippen LogP contribution in [0.4, 0.5) is 8.78 Å². The maximum Gasteiger partial charge on any atom is 0.257 e. The largest absolute Gasteiger partial charge is 0.373 e. The molecule has 1 aliphatic rings. The van der Waals surface area contributed by atoms with Crippen LogP contribution in [-0.4, -0.2) is 60.1 Å². The number of ether oxygens (including phenoxy) is 1. The number of halogens is 2. The lowest BCUT2D eigenvalue weighted by atomic mass is 9.98. The van der Waals surface area contributed by atoms with Gasteiger partial charge in [0.25, 0.3) is 5.91 Å². The van der Waals surface area contributed by atoms with Gasteiger partial charge in [-0.25, -0.2) is 8.78 Å². The quantitative estimate of drug-likeness (QED) is 0.705. The molecule has 1 fully saturated rings. The fourth-order valence-electron chi connectivity index (χ4n) is 3.66. The Morgan fingerprint density at radius 2 is 1.70 bits per heavy atom. The molecule has 2 N–H and O–H groups in total. The summed E-state index contributed by atoms with van der Waals surface area (Å²) in [6.07, 6.45) is 0.198. The molecule has 0 unspecified atom stereocenters. The molecule has 1 aromatic rings. The predicted octanol–water partition coefficient (Wildman–Crippen LogP) is 2.72. The van der Waals surface area contributed by atoms with E-state index in [0.717, 1.165) is 25.2 Å². The summed E-state index contributed by atoms with van der Waals surface area (Å²) >= 11 is 0. The summed E-state index contributed by atoms with van der Waals surface area (Å²) in [5.74, 6) is -3.54. The van der Waals surface area contributed by atoms with E-state index in [0.29, 0.717) is 6.54 Å². The van der Waals surface area contributed by atoms with E-state index in [4.69, 9.17) is 4.74 Å². The summed E-state index contributed by atoms with van der Waals surface area (Å²) < 4.78 is 33.6. The Hall–Kier alpha value is -2.06. The fraction of sp³-hybridized carbons (Fsp3) is 0.636. The molecule has 0 bridgehead atoms. The molecule has 2 amide bonds. The second-order valence-corrected chi connectivity index (χ2v) is 8.98. The highest BCUT2D eigenvalue weighted by Crippen LogP contribution is 2.21. The van der Waals surface area contributed by atoms with Crippen LogP contribution in [0.5, 0.6) is 0 Å². The number of amides is 2. The molecule has 0 aliphatic carbocycles. The number of morpholine rings is 1. The van der Waals surface area contributed by atoms with Crippen molar-refractivity contribution in [2.45, 2.75) is 65.3 Å². The first kappa shape index (κ1) is 24.2. The zero-order valence-corrected chi connectivity index (χ0v) is 18.6. The van der Waals surface area contributed by atoms with Gasteiger partial charge in [-0.05, 0) is 45.7 Å². The molecular weight excluding hydrogens is 392 g/mol. The molecule has 1 aliphatic heterocycles. The summed E-state index contributed by atoms with van der Waals surface area (Å²) in [5, 5.41) is 5.37. The highest BCUT2D eigenvalue weighted by molar-refractivity contribution is 5.98. The number of carbonyl (C=O) groups excluding carboxylic acids is 2. The summed E-state index contributed by atoms with van der Waals surface area (Å²) in [5.41, 5.74) is -1.02. The zero-order valence-electron chi connectivity index (χ0n) is 18.6. The molecule has 8 heteroatoms. The molecule has 2 rings (SSSR count). The third-order valence-electron chi connectivity index (χ3n) is 5.40. The Bertz CT molecular complexity index is 740. The standard InChI is InChI=1S/C22H33F2N3O3/c1-13(2)19(26-20(28)18-16(23)8-7-9-17(18)24)21(29)25-12-22(5,6)27-10-14(3)30-15(4)11-27/h7-9,13-15,19H,10-12H2,1-6H3,(H,25,29)(H,26,28)/t14-,15-,19-/m1/s1. The topological polar surface area (TPSA) is 70.7 Å². The molecule has 0 saturated carbocycles. The molecule has 3 atom stereocenters. The smallest absolute Gasteiger partial charge is 0.257 e. The van der Waals surface area contributed by atoms with Crippen LogP contribution >= 0.6 is 0 Å². The van der Waals surface area contributed by atoms with E-state index in [1.54, 1.807) is 13.8 Å². The number of rotatable bonds is 7. The molecule has 1 heterocycles. The predicted molar refractivity (Wildman–Crippen MR) is 111 cm³/mol. The molecule has 0 aromatic heterocycles. The second kappa shape index (κ2) is 9.83. The number of carbonyl (C=O) groups is 2. The SMILES string of the molecule is CC(C)[C@@H](NC(=O)c1c(F)cccc1F)C(=O)NCC(C)(C)N1C[C@@H](C)O[C@H](C)C1. The summed E-state index contributed by atoms with van der Waals surface area (Å²) in [6, 6.07) is 2.28. The van der Waals surface area contributed by atoms with Crippen molar-refractivity contribution in [3.63, 3.8) is 0 Å². The number of hydrogen-bond donors (Lipinski definition) is 2. The van der Waals surface area contributed by atoms with Crippen molar-refractivity contribution < 1.29 is 23.1 Å². The third kappa shape index (κ3) is 5.98. The van der Waals surface area contributed by atoms with Gasteiger partial charge in [-0.2, -0.15) is 0 Å². The van der Waals surface area contributed by atoms with Gasteiger partial charge in [0.1, 0.15) is 23.2 Å². The number of nitrogens with one attached hydrogen (secondary N) is 2. The van der Waals surface area contributed by atoms with Gasteiger partial charge >= 0.3 is 0 Å². The van der Waals surface area contributed by atoms with Crippen molar-refractivity contribution in [1.82, 2.24) is 15.5 Å². The number of benzene rings is 1. The summed E-state index contributed by atoms with van der Waals surface area (Å²) in [6.45, 7) is 13.5. The lowest BCUT2D eigenvalue weighted by molar-refractivity contribution is -0.125. The van der Waals surface area contributed by atoms with E-state index in [1.807, 2.05) is 27.7 Å². The zero-order chi connectivity index (χ0) is 22.6. The Kier molecular flexibility index (Phi) is 7.93. The van der Waals surface area contributed by atoms with E-state index in [9.17, 15) is 18.4 Å². The normalized spacial score (nSPS) is 21.4. The van der Waals surface area contributed by atoms with Crippen molar-refractivity contribution in [3.8, 4) is 0 Å². The van der Waals surface area contributed by atoms with Gasteiger partial charge in [0.05, 0.1) is 12.2 Å². The number of nitrogens with zero attached hydrogens (tertiary/aromatic N) is 1. The van der Waals surface area contributed by atoms with Gasteiger partial charge in [-0.3, -0.25) is 14.5 Å². The molecule has 1 aromatic carbocycles. The molecule has 1 saturated heterocycles. The van der Waals surface area contributed by atoms with Gasteiger partial charge in [-0.1, -0.05) is 19.9 Å². The molecule has 6 nitrogen and oxygen atoms in total. The highest BCUT2D eigenvalue weighted by atomic mass is 19.1. The van der Waals surface area contributed by atoms with Crippen molar-refractivity contribution in [3.05, 3.63) is 35.4 Å². The first-order valence-electron chi connectivity index (χ1n) is 10.4. The summed E-state index contributed by atoms with van der Waals surface area (Å²) in [7, 11) is 0. The third-order valence-corrected chi connectivity index (χ3v) is 5.40. The van der Waals surface area contributed by atoms with Crippen LogP contribution in [0, 0.1) is 17.6 Å². The molecule has 168 valence electrons. The van der Waals surface area contributed by atoms with Crippen LogP contribution in [0.3, 0.4) is 0 Å². The van der Waals surface area contributed by atoms with E-state index < -0.39 is 35.1 Å². The second-order valence-electron chi connectivity index (χ2n) is 8.98. The summed E-state index contributed by atoms with van der Waals surface area (Å²) in [4.78, 5) is 27.5. The average molecular weight is 426 g/mol. The van der Waals surface area contributed by atoms with Gasteiger partial charge < -0.3 is 15.4 Å². The Morgan fingerprint density at radius 1 is 1.17 bits per heavy atom. The minimum absolute atomic E-state index is 0.0992. The van der Waals surface area contributed by atoms with Crippen molar-refractivity contribution >= 4 is 11.8 Å². The molecule has 0 spiro atoms.